The van der Waals surface area contributed by atoms with Crippen LogP contribution < -0.4 is 0 Å². The Morgan fingerprint density at radius 3 is 2.62 bits per heavy atom. The van der Waals surface area contributed by atoms with Crippen LogP contribution in [0.25, 0.3) is 0 Å². The Balaban J connectivity index is 2.08. The van der Waals surface area contributed by atoms with Gasteiger partial charge in [-0.3, -0.25) is 0 Å². The topological polar surface area (TPSA) is 32.7 Å². The molecule has 0 saturated carbocycles. The van der Waals surface area contributed by atoms with Gasteiger partial charge in [-0.15, -0.1) is 0 Å². The second-order valence-corrected chi connectivity index (χ2v) is 4.15. The van der Waals surface area contributed by atoms with Crippen LogP contribution in [-0.4, -0.2) is 42.9 Å². The Kier molecular flexibility index (Phi) is 6.08. The van der Waals surface area contributed by atoms with Gasteiger partial charge in [0.25, 0.3) is 0 Å². The van der Waals surface area contributed by atoms with Crippen molar-refractivity contribution in [2.24, 2.45) is 0 Å². The molecule has 0 spiro atoms. The Bertz CT molecular complexity index is 275. The van der Waals surface area contributed by atoms with Crippen molar-refractivity contribution in [2.75, 3.05) is 26.7 Å². The quantitative estimate of drug-likeness (QED) is 0.711. The third-order valence-corrected chi connectivity index (χ3v) is 2.30. The van der Waals surface area contributed by atoms with Crippen LogP contribution in [0.2, 0.25) is 0 Å². The van der Waals surface area contributed by atoms with Crippen LogP contribution >= 0.6 is 0 Å². The predicted molar refractivity (Wildman–Crippen MR) is 65.3 cm³/mol. The van der Waals surface area contributed by atoms with Gasteiger partial charge in [-0.05, 0) is 19.5 Å². The van der Waals surface area contributed by atoms with E-state index >= 15 is 0 Å². The van der Waals surface area contributed by atoms with E-state index in [-0.39, 0.29) is 6.10 Å². The molecule has 0 aliphatic heterocycles. The van der Waals surface area contributed by atoms with E-state index in [4.69, 9.17) is 4.74 Å². The van der Waals surface area contributed by atoms with Crippen LogP contribution in [0.4, 0.5) is 0 Å². The summed E-state index contributed by atoms with van der Waals surface area (Å²) in [5, 5.41) is 9.17. The molecule has 0 saturated heterocycles. The minimum atomic E-state index is -0.279. The van der Waals surface area contributed by atoms with Crippen molar-refractivity contribution in [3.63, 3.8) is 0 Å². The highest BCUT2D eigenvalue weighted by molar-refractivity contribution is 5.13. The molecule has 0 radical (unpaired) electrons. The van der Waals surface area contributed by atoms with Crippen molar-refractivity contribution < 1.29 is 9.84 Å². The Hall–Kier alpha value is -0.900. The van der Waals surface area contributed by atoms with Crippen LogP contribution in [-0.2, 0) is 11.3 Å². The van der Waals surface area contributed by atoms with Gasteiger partial charge in [-0.1, -0.05) is 30.3 Å². The second-order valence-electron chi connectivity index (χ2n) is 4.15. The lowest BCUT2D eigenvalue weighted by atomic mass is 10.2. The zero-order valence-corrected chi connectivity index (χ0v) is 10.1. The van der Waals surface area contributed by atoms with Gasteiger partial charge in [0.05, 0.1) is 19.3 Å². The van der Waals surface area contributed by atoms with Crippen LogP contribution in [0.1, 0.15) is 12.5 Å². The molecule has 0 heterocycles. The maximum atomic E-state index is 9.17. The lowest BCUT2D eigenvalue weighted by molar-refractivity contribution is 0.0815. The second kappa shape index (κ2) is 7.39. The van der Waals surface area contributed by atoms with E-state index in [9.17, 15) is 5.11 Å². The first-order valence-electron chi connectivity index (χ1n) is 5.67. The van der Waals surface area contributed by atoms with E-state index in [0.717, 1.165) is 6.54 Å². The van der Waals surface area contributed by atoms with Crippen molar-refractivity contribution in [1.29, 1.82) is 0 Å². The fraction of sp³-hybridized carbons (Fsp3) is 0.538. The van der Waals surface area contributed by atoms with E-state index in [0.29, 0.717) is 19.8 Å². The summed E-state index contributed by atoms with van der Waals surface area (Å²) >= 11 is 0. The van der Waals surface area contributed by atoms with Crippen LogP contribution in [0.15, 0.2) is 30.3 Å². The van der Waals surface area contributed by atoms with Crippen LogP contribution in [0, 0.1) is 0 Å². The maximum absolute atomic E-state index is 9.17. The highest BCUT2D eigenvalue weighted by Crippen LogP contribution is 2.00. The lowest BCUT2D eigenvalue weighted by Gasteiger charge is -2.17. The number of hydrogen-bond donors (Lipinski definition) is 1. The smallest absolute Gasteiger partial charge is 0.0717 e. The van der Waals surface area contributed by atoms with Crippen molar-refractivity contribution in [3.8, 4) is 0 Å². The highest BCUT2D eigenvalue weighted by atomic mass is 16.5. The monoisotopic (exact) mass is 223 g/mol. The molecule has 0 aromatic heterocycles. The average Bonchev–Trinajstić information content (AvgIpc) is 2.25. The average molecular weight is 223 g/mol. The summed E-state index contributed by atoms with van der Waals surface area (Å²) in [5.41, 5.74) is 1.20. The molecule has 1 N–H and O–H groups in total. The van der Waals surface area contributed by atoms with Gasteiger partial charge in [0.15, 0.2) is 0 Å². The molecule has 3 nitrogen and oxygen atoms in total. The van der Waals surface area contributed by atoms with Crippen LogP contribution in [0.3, 0.4) is 0 Å². The predicted octanol–water partition coefficient (Wildman–Crippen LogP) is 1.52. The van der Waals surface area contributed by atoms with Gasteiger partial charge in [0.1, 0.15) is 0 Å². The first-order valence-corrected chi connectivity index (χ1v) is 5.67. The molecule has 3 heteroatoms. The van der Waals surface area contributed by atoms with Gasteiger partial charge in [0.2, 0.25) is 0 Å². The van der Waals surface area contributed by atoms with E-state index in [1.54, 1.807) is 6.92 Å². The van der Waals surface area contributed by atoms with E-state index in [2.05, 4.69) is 17.0 Å². The zero-order chi connectivity index (χ0) is 11.8. The van der Waals surface area contributed by atoms with Crippen molar-refractivity contribution >= 4 is 0 Å². The minimum Gasteiger partial charge on any atom is -0.392 e. The molecule has 1 aromatic carbocycles. The molecule has 1 atom stereocenters. The van der Waals surface area contributed by atoms with Crippen molar-refractivity contribution in [3.05, 3.63) is 35.9 Å². The molecule has 0 aliphatic rings. The summed E-state index contributed by atoms with van der Waals surface area (Å²) in [4.78, 5) is 2.07. The van der Waals surface area contributed by atoms with Crippen LogP contribution in [0.5, 0.6) is 0 Å². The molecule has 1 rings (SSSR count). The van der Waals surface area contributed by atoms with E-state index < -0.39 is 0 Å². The Morgan fingerprint density at radius 1 is 1.31 bits per heavy atom. The molecule has 1 unspecified atom stereocenters. The molecule has 0 fully saturated rings. The number of benzene rings is 1. The number of rotatable bonds is 7. The first-order chi connectivity index (χ1) is 7.68. The third-order valence-electron chi connectivity index (χ3n) is 2.30. The molecule has 90 valence electrons. The Morgan fingerprint density at radius 2 is 2.00 bits per heavy atom. The fourth-order valence-corrected chi connectivity index (χ4v) is 1.53. The number of likely N-dealkylation sites (N-methyl/N-ethyl adjacent to an activating group) is 1. The summed E-state index contributed by atoms with van der Waals surface area (Å²) in [6, 6.07) is 10.1. The molecular weight excluding hydrogens is 202 g/mol. The number of ether oxygens (including phenoxy) is 1. The van der Waals surface area contributed by atoms with E-state index in [1.807, 2.05) is 25.2 Å². The van der Waals surface area contributed by atoms with Gasteiger partial charge in [0, 0.05) is 13.1 Å². The number of nitrogens with zero attached hydrogens (tertiary/aromatic N) is 1. The minimum absolute atomic E-state index is 0.279. The molecule has 16 heavy (non-hydrogen) atoms. The standard InChI is InChI=1S/C13H21NO2/c1-12(15)10-14(2)8-9-16-11-13-6-4-3-5-7-13/h3-7,12,15H,8-11H2,1-2H3. The maximum Gasteiger partial charge on any atom is 0.0717 e. The fourth-order valence-electron chi connectivity index (χ4n) is 1.53. The number of aliphatic hydroxyl groups excluding tert-OH is 1. The third kappa shape index (κ3) is 5.85. The zero-order valence-electron chi connectivity index (χ0n) is 10.1. The van der Waals surface area contributed by atoms with E-state index in [1.165, 1.54) is 5.56 Å². The normalized spacial score (nSPS) is 13.0. The summed E-state index contributed by atoms with van der Waals surface area (Å²) < 4.78 is 5.55. The van der Waals surface area contributed by atoms with Gasteiger partial charge in [-0.25, -0.2) is 0 Å². The van der Waals surface area contributed by atoms with Gasteiger partial charge in [-0.2, -0.15) is 0 Å². The number of hydrogen-bond acceptors (Lipinski definition) is 3. The summed E-state index contributed by atoms with van der Waals surface area (Å²) in [5.74, 6) is 0. The lowest BCUT2D eigenvalue weighted by Crippen LogP contribution is -2.30. The van der Waals surface area contributed by atoms with Gasteiger partial charge < -0.3 is 14.7 Å². The number of aliphatic hydroxyl groups is 1. The molecule has 0 bridgehead atoms. The molecular formula is C13H21NO2. The highest BCUT2D eigenvalue weighted by Gasteiger charge is 2.02. The summed E-state index contributed by atoms with van der Waals surface area (Å²) in [7, 11) is 1.98. The molecule has 0 aliphatic carbocycles. The first kappa shape index (κ1) is 13.2. The summed E-state index contributed by atoms with van der Waals surface area (Å²) in [6.45, 7) is 4.68. The van der Waals surface area contributed by atoms with Crippen molar-refractivity contribution in [1.82, 2.24) is 4.90 Å². The van der Waals surface area contributed by atoms with Gasteiger partial charge >= 0.3 is 0 Å². The molecule has 1 aromatic rings. The SMILES string of the molecule is CC(O)CN(C)CCOCc1ccccc1. The molecule has 0 amide bonds. The Labute approximate surface area is 97.7 Å². The largest absolute Gasteiger partial charge is 0.392 e. The summed E-state index contributed by atoms with van der Waals surface area (Å²) in [6.07, 6.45) is -0.279. The van der Waals surface area contributed by atoms with Crippen molar-refractivity contribution in [2.45, 2.75) is 19.6 Å².